The average molecular weight is 543 g/mol. The van der Waals surface area contributed by atoms with Crippen LogP contribution in [0.3, 0.4) is 0 Å². The van der Waals surface area contributed by atoms with E-state index in [1.54, 1.807) is 19.9 Å². The zero-order chi connectivity index (χ0) is 28.4. The van der Waals surface area contributed by atoms with Crippen LogP contribution in [0, 0.1) is 5.41 Å². The molecule has 0 aliphatic carbocycles. The lowest BCUT2D eigenvalue weighted by atomic mass is 9.93. The van der Waals surface area contributed by atoms with Crippen LogP contribution in [-0.2, 0) is 28.2 Å². The van der Waals surface area contributed by atoms with Gasteiger partial charge in [-0.05, 0) is 50.2 Å². The van der Waals surface area contributed by atoms with Gasteiger partial charge in [-0.15, -0.1) is 0 Å². The highest BCUT2D eigenvalue weighted by molar-refractivity contribution is 6.74. The summed E-state index contributed by atoms with van der Waals surface area (Å²) in [5, 5.41) is 16.9. The molecular weight excluding hydrogens is 492 g/mol. The number of carbonyl (C=O) groups is 2. The summed E-state index contributed by atoms with van der Waals surface area (Å²) in [6.45, 7) is 20.9. The number of hydrogen-bond acceptors (Lipinski definition) is 7. The number of carbonyl (C=O) groups excluding carboxylic acids is 2. The first-order valence-electron chi connectivity index (χ1n) is 13.3. The van der Waals surface area contributed by atoms with Crippen molar-refractivity contribution in [3.8, 4) is 0 Å². The summed E-state index contributed by atoms with van der Waals surface area (Å²) >= 11 is 0. The van der Waals surface area contributed by atoms with Gasteiger partial charge in [-0.2, -0.15) is 0 Å². The second-order valence-corrected chi connectivity index (χ2v) is 18.1. The number of nitrogens with one attached hydrogen (secondary N) is 2. The van der Waals surface area contributed by atoms with E-state index in [1.807, 2.05) is 26.8 Å². The lowest BCUT2D eigenvalue weighted by Crippen LogP contribution is -2.62. The molecule has 0 radical (unpaired) electrons. The normalized spacial score (nSPS) is 30.5. The van der Waals surface area contributed by atoms with Crippen molar-refractivity contribution in [1.29, 1.82) is 0 Å². The van der Waals surface area contributed by atoms with Gasteiger partial charge < -0.3 is 34.4 Å². The van der Waals surface area contributed by atoms with Crippen LogP contribution in [0.25, 0.3) is 0 Å². The van der Waals surface area contributed by atoms with Crippen LogP contribution in [0.15, 0.2) is 12.2 Å². The van der Waals surface area contributed by atoms with Gasteiger partial charge in [0.25, 0.3) is 5.91 Å². The molecule has 37 heavy (non-hydrogen) atoms. The summed E-state index contributed by atoms with van der Waals surface area (Å²) in [6, 6.07) is -0.736. The van der Waals surface area contributed by atoms with Crippen molar-refractivity contribution in [2.75, 3.05) is 13.7 Å². The summed E-state index contributed by atoms with van der Waals surface area (Å²) in [6.07, 6.45) is 0.755. The highest BCUT2D eigenvalue weighted by atomic mass is 28.4. The first-order valence-corrected chi connectivity index (χ1v) is 16.2. The molecule has 0 aromatic heterocycles. The second-order valence-electron chi connectivity index (χ2n) is 13.3. The van der Waals surface area contributed by atoms with E-state index in [-0.39, 0.29) is 22.5 Å². The summed E-state index contributed by atoms with van der Waals surface area (Å²) in [5.74, 6) is -1.84. The van der Waals surface area contributed by atoms with E-state index in [0.717, 1.165) is 0 Å². The molecule has 0 bridgehead atoms. The molecule has 3 N–H and O–H groups in total. The molecule has 2 saturated heterocycles. The second kappa shape index (κ2) is 11.8. The lowest BCUT2D eigenvalue weighted by molar-refractivity contribution is -0.334. The van der Waals surface area contributed by atoms with Crippen LogP contribution >= 0.6 is 0 Å². The van der Waals surface area contributed by atoms with E-state index in [1.165, 1.54) is 7.11 Å². The fraction of sp³-hybridized carbons (Fsp3) is 0.852. The van der Waals surface area contributed by atoms with E-state index in [2.05, 4.69) is 44.5 Å². The van der Waals surface area contributed by atoms with E-state index in [0.29, 0.717) is 19.4 Å². The molecule has 0 aromatic carbocycles. The van der Waals surface area contributed by atoms with Crippen LogP contribution in [0.5, 0.6) is 0 Å². The Morgan fingerprint density at radius 1 is 1.19 bits per heavy atom. The van der Waals surface area contributed by atoms with Crippen molar-refractivity contribution in [3.05, 3.63) is 12.2 Å². The number of aliphatic hydroxyl groups excluding tert-OH is 1. The van der Waals surface area contributed by atoms with Gasteiger partial charge in [-0.1, -0.05) is 53.7 Å². The zero-order valence-corrected chi connectivity index (χ0v) is 25.6. The van der Waals surface area contributed by atoms with E-state index in [4.69, 9.17) is 18.6 Å². The number of methoxy groups -OCH3 is 1. The molecule has 10 heteroatoms. The number of rotatable bonds is 7. The zero-order valence-electron chi connectivity index (χ0n) is 24.6. The Balaban J connectivity index is 2.12. The fourth-order valence-corrected chi connectivity index (χ4v) is 5.57. The third-order valence-corrected chi connectivity index (χ3v) is 11.8. The van der Waals surface area contributed by atoms with Gasteiger partial charge >= 0.3 is 0 Å². The van der Waals surface area contributed by atoms with Crippen molar-refractivity contribution in [3.63, 3.8) is 0 Å². The smallest absolute Gasteiger partial charge is 0.252 e. The Bertz CT molecular complexity index is 832. The number of ether oxygens (including phenoxy) is 3. The molecular formula is C27H50N2O7Si. The van der Waals surface area contributed by atoms with Gasteiger partial charge in [0.2, 0.25) is 5.91 Å². The predicted octanol–water partition coefficient (Wildman–Crippen LogP) is 3.27. The molecule has 2 rings (SSSR count). The molecule has 2 heterocycles. The molecule has 6 atom stereocenters. The van der Waals surface area contributed by atoms with Crippen LogP contribution in [0.4, 0.5) is 0 Å². The third kappa shape index (κ3) is 8.86. The molecule has 2 fully saturated rings. The topological polar surface area (TPSA) is 115 Å². The summed E-state index contributed by atoms with van der Waals surface area (Å²) in [5.41, 5.74) is -0.113. The van der Waals surface area contributed by atoms with Gasteiger partial charge in [-0.3, -0.25) is 9.59 Å². The van der Waals surface area contributed by atoms with Gasteiger partial charge in [0, 0.05) is 13.7 Å². The monoisotopic (exact) mass is 542 g/mol. The lowest BCUT2D eigenvalue weighted by Gasteiger charge is -2.45. The minimum absolute atomic E-state index is 0.0564. The quantitative estimate of drug-likeness (QED) is 0.334. The standard InChI is InChI=1S/C27H50N2O7Si/c1-25(2,3)15-14-19-20(30)21(35-27(7,8)34-19)22(33-9)24(32)29-18-13-12-17(16-28-23(18)31)36-37(10,11)26(4,5)6/h14-15,17-22,30H,12-13,16H2,1-11H3,(H,28,31)(H,29,32)/b15-14+/t17-,18+,19-,20+,21-,22-/m1/s1. The molecule has 9 nitrogen and oxygen atoms in total. The SMILES string of the molecule is CO[C@@H](C(=O)N[C@H]1CC[C@@H](O[Si](C)(C)C(C)(C)C)CNC1=O)[C@@H]1OC(C)(C)O[C@H](/C=C/C(C)(C)C)[C@@H]1O. The molecule has 2 aliphatic heterocycles. The van der Waals surface area contributed by atoms with Gasteiger partial charge in [0.15, 0.2) is 20.2 Å². The largest absolute Gasteiger partial charge is 0.412 e. The maximum absolute atomic E-state index is 13.3. The summed E-state index contributed by atoms with van der Waals surface area (Å²) in [7, 11) is -0.616. The van der Waals surface area contributed by atoms with Crippen molar-refractivity contribution in [2.24, 2.45) is 5.41 Å². The molecule has 2 aliphatic rings. The highest BCUT2D eigenvalue weighted by Crippen LogP contribution is 2.38. The van der Waals surface area contributed by atoms with Crippen LogP contribution in [0.2, 0.25) is 18.1 Å². The van der Waals surface area contributed by atoms with Crippen molar-refractivity contribution >= 4 is 20.1 Å². The van der Waals surface area contributed by atoms with Crippen LogP contribution in [-0.4, -0.2) is 81.2 Å². The van der Waals surface area contributed by atoms with Gasteiger partial charge in [-0.25, -0.2) is 0 Å². The minimum atomic E-state index is -2.00. The Morgan fingerprint density at radius 2 is 1.81 bits per heavy atom. The average Bonchev–Trinajstić information content (AvgIpc) is 2.89. The Labute approximate surface area is 224 Å². The molecule has 0 saturated carbocycles. The maximum atomic E-state index is 13.3. The number of aliphatic hydroxyl groups is 1. The van der Waals surface area contributed by atoms with Crippen molar-refractivity contribution in [1.82, 2.24) is 10.6 Å². The molecule has 2 amide bonds. The summed E-state index contributed by atoms with van der Waals surface area (Å²) < 4.78 is 23.9. The molecule has 0 aromatic rings. The Hall–Kier alpha value is -1.30. The summed E-state index contributed by atoms with van der Waals surface area (Å²) in [4.78, 5) is 26.2. The van der Waals surface area contributed by atoms with E-state index in [9.17, 15) is 14.7 Å². The molecule has 0 spiro atoms. The predicted molar refractivity (Wildman–Crippen MR) is 145 cm³/mol. The number of hydrogen-bond donors (Lipinski definition) is 3. The first-order chi connectivity index (χ1) is 16.8. The van der Waals surface area contributed by atoms with Crippen molar-refractivity contribution in [2.45, 2.75) is 129 Å². The number of amides is 2. The highest BCUT2D eigenvalue weighted by Gasteiger charge is 2.48. The molecule has 0 unspecified atom stereocenters. The molecule has 214 valence electrons. The Morgan fingerprint density at radius 3 is 2.35 bits per heavy atom. The van der Waals surface area contributed by atoms with Gasteiger partial charge in [0.05, 0.1) is 6.10 Å². The van der Waals surface area contributed by atoms with Crippen LogP contribution in [0.1, 0.15) is 68.2 Å². The fourth-order valence-electron chi connectivity index (χ4n) is 4.19. The number of allylic oxidation sites excluding steroid dienone is 1. The Kier molecular flexibility index (Phi) is 10.2. The van der Waals surface area contributed by atoms with Gasteiger partial charge in [0.1, 0.15) is 24.4 Å². The van der Waals surface area contributed by atoms with E-state index < -0.39 is 50.5 Å². The van der Waals surface area contributed by atoms with E-state index >= 15 is 0 Å². The van der Waals surface area contributed by atoms with Crippen LogP contribution < -0.4 is 10.6 Å². The minimum Gasteiger partial charge on any atom is -0.412 e. The third-order valence-electron chi connectivity index (χ3n) is 7.29. The maximum Gasteiger partial charge on any atom is 0.252 e. The first kappa shape index (κ1) is 31.9. The van der Waals surface area contributed by atoms with Crippen molar-refractivity contribution < 1.29 is 33.3 Å².